The second-order valence-electron chi connectivity index (χ2n) is 4.19. The van der Waals surface area contributed by atoms with Crippen molar-refractivity contribution in [2.45, 2.75) is 40.2 Å². The molecule has 0 spiro atoms. The Bertz CT molecular complexity index is 417. The van der Waals surface area contributed by atoms with Gasteiger partial charge in [-0.2, -0.15) is 0 Å². The SMILES string of the molecule is C/C=C(/CC)C(=O)c1cccc(OC(C)C)c1. The zero-order valence-corrected chi connectivity index (χ0v) is 11.0. The van der Waals surface area contributed by atoms with Gasteiger partial charge in [-0.3, -0.25) is 4.79 Å². The minimum atomic E-state index is 0.0872. The van der Waals surface area contributed by atoms with Gasteiger partial charge in [0.2, 0.25) is 0 Å². The van der Waals surface area contributed by atoms with Crippen LogP contribution in [0.15, 0.2) is 35.9 Å². The summed E-state index contributed by atoms with van der Waals surface area (Å²) in [6.07, 6.45) is 2.75. The third kappa shape index (κ3) is 3.74. The Morgan fingerprint density at radius 1 is 1.41 bits per heavy atom. The van der Waals surface area contributed by atoms with E-state index < -0.39 is 0 Å². The molecule has 0 aliphatic carbocycles. The lowest BCUT2D eigenvalue weighted by Crippen LogP contribution is -2.07. The fourth-order valence-electron chi connectivity index (χ4n) is 1.66. The van der Waals surface area contributed by atoms with Crippen molar-refractivity contribution < 1.29 is 9.53 Å². The first kappa shape index (κ1) is 13.5. The lowest BCUT2D eigenvalue weighted by atomic mass is 10.0. The summed E-state index contributed by atoms with van der Waals surface area (Å²) >= 11 is 0. The number of rotatable bonds is 5. The van der Waals surface area contributed by atoms with Crippen LogP contribution < -0.4 is 4.74 Å². The lowest BCUT2D eigenvalue weighted by molar-refractivity contribution is 0.103. The van der Waals surface area contributed by atoms with Crippen LogP contribution in [-0.4, -0.2) is 11.9 Å². The van der Waals surface area contributed by atoms with E-state index in [2.05, 4.69) is 0 Å². The van der Waals surface area contributed by atoms with Gasteiger partial charge in [0.1, 0.15) is 5.75 Å². The first-order valence-corrected chi connectivity index (χ1v) is 6.05. The molecule has 0 heterocycles. The second-order valence-corrected chi connectivity index (χ2v) is 4.19. The van der Waals surface area contributed by atoms with E-state index in [1.54, 1.807) is 0 Å². The molecule has 2 heteroatoms. The topological polar surface area (TPSA) is 26.3 Å². The number of ether oxygens (including phenoxy) is 1. The van der Waals surface area contributed by atoms with Gasteiger partial charge < -0.3 is 4.74 Å². The Hall–Kier alpha value is -1.57. The Labute approximate surface area is 103 Å². The first-order valence-electron chi connectivity index (χ1n) is 6.05. The molecule has 1 rings (SSSR count). The molecule has 92 valence electrons. The van der Waals surface area contributed by atoms with Gasteiger partial charge in [-0.25, -0.2) is 0 Å². The van der Waals surface area contributed by atoms with Gasteiger partial charge in [0.15, 0.2) is 5.78 Å². The fourth-order valence-corrected chi connectivity index (χ4v) is 1.66. The van der Waals surface area contributed by atoms with E-state index in [4.69, 9.17) is 4.74 Å². The molecule has 0 atom stereocenters. The molecule has 1 aromatic rings. The fraction of sp³-hybridized carbons (Fsp3) is 0.400. The van der Waals surface area contributed by atoms with E-state index in [0.717, 1.165) is 17.7 Å². The van der Waals surface area contributed by atoms with Crippen LogP contribution in [-0.2, 0) is 0 Å². The van der Waals surface area contributed by atoms with Crippen molar-refractivity contribution in [2.24, 2.45) is 0 Å². The summed E-state index contributed by atoms with van der Waals surface area (Å²) in [6, 6.07) is 7.36. The molecule has 0 aromatic heterocycles. The molecule has 0 aliphatic heterocycles. The maximum atomic E-state index is 12.1. The lowest BCUT2D eigenvalue weighted by Gasteiger charge is -2.11. The number of benzene rings is 1. The number of Topliss-reactive ketones (excluding diaryl/α,β-unsaturated/α-hetero) is 1. The van der Waals surface area contributed by atoms with Crippen LogP contribution in [0.2, 0.25) is 0 Å². The van der Waals surface area contributed by atoms with Crippen LogP contribution >= 0.6 is 0 Å². The largest absolute Gasteiger partial charge is 0.491 e. The van der Waals surface area contributed by atoms with Crippen LogP contribution in [0.3, 0.4) is 0 Å². The molecule has 0 bridgehead atoms. The number of hydrogen-bond acceptors (Lipinski definition) is 2. The zero-order chi connectivity index (χ0) is 12.8. The molecular weight excluding hydrogens is 212 g/mol. The molecular formula is C15H20O2. The summed E-state index contributed by atoms with van der Waals surface area (Å²) in [4.78, 5) is 12.1. The highest BCUT2D eigenvalue weighted by Crippen LogP contribution is 2.18. The number of carbonyl (C=O) groups excluding carboxylic acids is 1. The molecule has 0 unspecified atom stereocenters. The van der Waals surface area contributed by atoms with Gasteiger partial charge in [0, 0.05) is 5.56 Å². The van der Waals surface area contributed by atoms with Crippen molar-refractivity contribution in [1.29, 1.82) is 0 Å². The van der Waals surface area contributed by atoms with Crippen molar-refractivity contribution >= 4 is 5.78 Å². The van der Waals surface area contributed by atoms with Crippen LogP contribution in [0.1, 0.15) is 44.5 Å². The predicted octanol–water partition coefficient (Wildman–Crippen LogP) is 4.01. The number of allylic oxidation sites excluding steroid dienone is 2. The van der Waals surface area contributed by atoms with E-state index in [1.165, 1.54) is 0 Å². The van der Waals surface area contributed by atoms with Crippen molar-refractivity contribution in [3.8, 4) is 5.75 Å². The summed E-state index contributed by atoms with van der Waals surface area (Å²) in [5.41, 5.74) is 1.53. The van der Waals surface area contributed by atoms with Gasteiger partial charge in [-0.05, 0) is 44.9 Å². The van der Waals surface area contributed by atoms with Gasteiger partial charge in [0.25, 0.3) is 0 Å². The minimum absolute atomic E-state index is 0.0872. The monoisotopic (exact) mass is 232 g/mol. The third-order valence-electron chi connectivity index (χ3n) is 2.49. The summed E-state index contributed by atoms with van der Waals surface area (Å²) in [5, 5.41) is 0. The molecule has 0 N–H and O–H groups in total. The average molecular weight is 232 g/mol. The number of hydrogen-bond donors (Lipinski definition) is 0. The first-order chi connectivity index (χ1) is 8.08. The van der Waals surface area contributed by atoms with E-state index >= 15 is 0 Å². The smallest absolute Gasteiger partial charge is 0.188 e. The Morgan fingerprint density at radius 2 is 2.12 bits per heavy atom. The van der Waals surface area contributed by atoms with Crippen LogP contribution in [0.25, 0.3) is 0 Å². The van der Waals surface area contributed by atoms with Gasteiger partial charge in [0.05, 0.1) is 6.10 Å². The molecule has 0 amide bonds. The quantitative estimate of drug-likeness (QED) is 0.566. The Balaban J connectivity index is 2.95. The number of carbonyl (C=O) groups is 1. The Morgan fingerprint density at radius 3 is 2.65 bits per heavy atom. The van der Waals surface area contributed by atoms with Crippen LogP contribution in [0, 0.1) is 0 Å². The van der Waals surface area contributed by atoms with Crippen molar-refractivity contribution in [3.63, 3.8) is 0 Å². The van der Waals surface area contributed by atoms with Crippen LogP contribution in [0.5, 0.6) is 5.75 Å². The summed E-state index contributed by atoms with van der Waals surface area (Å²) in [7, 11) is 0. The minimum Gasteiger partial charge on any atom is -0.491 e. The van der Waals surface area contributed by atoms with E-state index in [1.807, 2.05) is 58.0 Å². The van der Waals surface area contributed by atoms with E-state index in [-0.39, 0.29) is 11.9 Å². The highest BCUT2D eigenvalue weighted by Gasteiger charge is 2.10. The van der Waals surface area contributed by atoms with Crippen molar-refractivity contribution in [2.75, 3.05) is 0 Å². The highest BCUT2D eigenvalue weighted by atomic mass is 16.5. The maximum Gasteiger partial charge on any atom is 0.188 e. The van der Waals surface area contributed by atoms with Crippen molar-refractivity contribution in [1.82, 2.24) is 0 Å². The second kappa shape index (κ2) is 6.24. The zero-order valence-electron chi connectivity index (χ0n) is 11.0. The third-order valence-corrected chi connectivity index (χ3v) is 2.49. The normalized spacial score (nSPS) is 11.7. The summed E-state index contributed by atoms with van der Waals surface area (Å²) in [5.74, 6) is 0.835. The molecule has 0 fully saturated rings. The van der Waals surface area contributed by atoms with E-state index in [9.17, 15) is 4.79 Å². The molecule has 0 saturated heterocycles. The molecule has 0 aliphatic rings. The van der Waals surface area contributed by atoms with E-state index in [0.29, 0.717) is 5.56 Å². The molecule has 2 nitrogen and oxygen atoms in total. The Kier molecular flexibility index (Phi) is 4.95. The molecule has 0 radical (unpaired) electrons. The van der Waals surface area contributed by atoms with Crippen LogP contribution in [0.4, 0.5) is 0 Å². The predicted molar refractivity (Wildman–Crippen MR) is 70.6 cm³/mol. The summed E-state index contributed by atoms with van der Waals surface area (Å²) in [6.45, 7) is 7.82. The highest BCUT2D eigenvalue weighted by molar-refractivity contribution is 6.08. The standard InChI is InChI=1S/C15H20O2/c1-5-12(6-2)15(16)13-8-7-9-14(10-13)17-11(3)4/h5,7-11H,6H2,1-4H3/b12-5-. The molecule has 0 saturated carbocycles. The summed E-state index contributed by atoms with van der Waals surface area (Å²) < 4.78 is 5.58. The van der Waals surface area contributed by atoms with Gasteiger partial charge in [-0.1, -0.05) is 25.1 Å². The average Bonchev–Trinajstić information content (AvgIpc) is 2.30. The van der Waals surface area contributed by atoms with Crippen molar-refractivity contribution in [3.05, 3.63) is 41.5 Å². The van der Waals surface area contributed by atoms with Gasteiger partial charge >= 0.3 is 0 Å². The molecule has 17 heavy (non-hydrogen) atoms. The number of ketones is 1. The van der Waals surface area contributed by atoms with Gasteiger partial charge in [-0.15, -0.1) is 0 Å². The molecule has 1 aromatic carbocycles. The maximum absolute atomic E-state index is 12.1.